The van der Waals surface area contributed by atoms with Crippen LogP contribution in [0.25, 0.3) is 0 Å². The average Bonchev–Trinajstić information content (AvgIpc) is 2.44. The van der Waals surface area contributed by atoms with Crippen LogP contribution in [-0.2, 0) is 14.3 Å². The van der Waals surface area contributed by atoms with Crippen LogP contribution in [0.1, 0.15) is 13.8 Å². The quantitative estimate of drug-likeness (QED) is 0.324. The molecule has 0 aromatic rings. The molecule has 0 radical (unpaired) electrons. The summed E-state index contributed by atoms with van der Waals surface area (Å²) in [5, 5.41) is 48.8. The SMILES string of the molecule is CC(C)[C@H](NC(=O)OC1O[C@H](CO)[C@@H](O)[C@H](O)[C@H]1O)C(=O)O. The van der Waals surface area contributed by atoms with Crippen LogP contribution >= 0.6 is 0 Å². The van der Waals surface area contributed by atoms with Gasteiger partial charge in [0.05, 0.1) is 6.61 Å². The second kappa shape index (κ2) is 7.70. The molecule has 1 amide bonds. The molecule has 128 valence electrons. The molecule has 1 aliphatic heterocycles. The van der Waals surface area contributed by atoms with Gasteiger partial charge in [0.2, 0.25) is 6.29 Å². The minimum Gasteiger partial charge on any atom is -0.480 e. The van der Waals surface area contributed by atoms with Crippen LogP contribution in [0.15, 0.2) is 0 Å². The maximum absolute atomic E-state index is 11.7. The van der Waals surface area contributed by atoms with E-state index in [1.807, 2.05) is 0 Å². The molecule has 0 aliphatic carbocycles. The Bertz CT molecular complexity index is 400. The summed E-state index contributed by atoms with van der Waals surface area (Å²) in [5.74, 6) is -1.68. The summed E-state index contributed by atoms with van der Waals surface area (Å²) >= 11 is 0. The highest BCUT2D eigenvalue weighted by Crippen LogP contribution is 2.22. The molecule has 6 N–H and O–H groups in total. The Kier molecular flexibility index (Phi) is 6.50. The first-order valence-electron chi connectivity index (χ1n) is 6.69. The Labute approximate surface area is 126 Å². The monoisotopic (exact) mass is 323 g/mol. The first-order chi connectivity index (χ1) is 10.2. The van der Waals surface area contributed by atoms with Crippen LogP contribution < -0.4 is 5.32 Å². The van der Waals surface area contributed by atoms with Crippen molar-refractivity contribution in [1.82, 2.24) is 5.32 Å². The van der Waals surface area contributed by atoms with E-state index in [2.05, 4.69) is 5.32 Å². The molecule has 22 heavy (non-hydrogen) atoms. The molecule has 0 spiro atoms. The minimum absolute atomic E-state index is 0.417. The second-order valence-corrected chi connectivity index (χ2v) is 5.31. The van der Waals surface area contributed by atoms with Crippen molar-refractivity contribution in [3.8, 4) is 0 Å². The van der Waals surface area contributed by atoms with Crippen molar-refractivity contribution in [3.63, 3.8) is 0 Å². The highest BCUT2D eigenvalue weighted by atomic mass is 16.7. The molecule has 0 aromatic heterocycles. The van der Waals surface area contributed by atoms with Gasteiger partial charge in [0.25, 0.3) is 0 Å². The van der Waals surface area contributed by atoms with Gasteiger partial charge in [-0.3, -0.25) is 0 Å². The number of amides is 1. The highest BCUT2D eigenvalue weighted by Gasteiger charge is 2.45. The number of carboxylic acids is 1. The van der Waals surface area contributed by atoms with Gasteiger partial charge in [0, 0.05) is 0 Å². The lowest BCUT2D eigenvalue weighted by molar-refractivity contribution is -0.285. The minimum atomic E-state index is -1.74. The van der Waals surface area contributed by atoms with E-state index in [9.17, 15) is 24.9 Å². The van der Waals surface area contributed by atoms with E-state index in [0.717, 1.165) is 0 Å². The van der Waals surface area contributed by atoms with Crippen LogP contribution in [-0.4, -0.2) is 80.9 Å². The zero-order valence-electron chi connectivity index (χ0n) is 12.1. The molecule has 1 heterocycles. The van der Waals surface area contributed by atoms with Gasteiger partial charge in [-0.1, -0.05) is 13.8 Å². The third kappa shape index (κ3) is 4.27. The van der Waals surface area contributed by atoms with Gasteiger partial charge in [-0.25, -0.2) is 9.59 Å². The summed E-state index contributed by atoms with van der Waals surface area (Å²) < 4.78 is 9.68. The number of aliphatic hydroxyl groups is 4. The molecule has 0 aromatic carbocycles. The van der Waals surface area contributed by atoms with Gasteiger partial charge in [-0.2, -0.15) is 0 Å². The lowest BCUT2D eigenvalue weighted by atomic mass is 9.99. The Morgan fingerprint density at radius 2 is 1.77 bits per heavy atom. The van der Waals surface area contributed by atoms with Crippen molar-refractivity contribution in [2.45, 2.75) is 50.6 Å². The third-order valence-electron chi connectivity index (χ3n) is 3.28. The molecule has 1 saturated heterocycles. The fraction of sp³-hybridized carbons (Fsp3) is 0.833. The summed E-state index contributed by atoms with van der Waals surface area (Å²) in [5.41, 5.74) is 0. The lowest BCUT2D eigenvalue weighted by Gasteiger charge is -2.39. The molecule has 0 saturated carbocycles. The lowest BCUT2D eigenvalue weighted by Crippen LogP contribution is -2.60. The number of carbonyl (C=O) groups excluding carboxylic acids is 1. The van der Waals surface area contributed by atoms with Gasteiger partial charge in [-0.15, -0.1) is 0 Å². The van der Waals surface area contributed by atoms with Crippen molar-refractivity contribution in [2.75, 3.05) is 6.61 Å². The van der Waals surface area contributed by atoms with Gasteiger partial charge < -0.3 is 40.3 Å². The summed E-state index contributed by atoms with van der Waals surface area (Å²) in [6.07, 6.45) is -9.07. The van der Waals surface area contributed by atoms with E-state index < -0.39 is 61.3 Å². The van der Waals surface area contributed by atoms with Gasteiger partial charge in [-0.05, 0) is 5.92 Å². The van der Waals surface area contributed by atoms with E-state index in [1.54, 1.807) is 13.8 Å². The van der Waals surface area contributed by atoms with Gasteiger partial charge >= 0.3 is 12.1 Å². The van der Waals surface area contributed by atoms with E-state index in [1.165, 1.54) is 0 Å². The van der Waals surface area contributed by atoms with E-state index in [-0.39, 0.29) is 0 Å². The summed E-state index contributed by atoms with van der Waals surface area (Å²) in [6.45, 7) is 2.48. The van der Waals surface area contributed by atoms with E-state index in [0.29, 0.717) is 0 Å². The Morgan fingerprint density at radius 3 is 2.23 bits per heavy atom. The van der Waals surface area contributed by atoms with Crippen LogP contribution in [0.2, 0.25) is 0 Å². The second-order valence-electron chi connectivity index (χ2n) is 5.31. The molecule has 6 atom stereocenters. The largest absolute Gasteiger partial charge is 0.480 e. The number of hydrogen-bond acceptors (Lipinski definition) is 8. The smallest absolute Gasteiger partial charge is 0.410 e. The fourth-order valence-electron chi connectivity index (χ4n) is 1.94. The topological polar surface area (TPSA) is 166 Å². The molecule has 0 bridgehead atoms. The normalized spacial score (nSPS) is 33.3. The molecule has 1 fully saturated rings. The number of carboxylic acid groups (broad SMARTS) is 1. The van der Waals surface area contributed by atoms with E-state index >= 15 is 0 Å². The Balaban J connectivity index is 2.68. The summed E-state index contributed by atoms with van der Waals surface area (Å²) in [4.78, 5) is 22.6. The first-order valence-corrected chi connectivity index (χ1v) is 6.69. The zero-order valence-corrected chi connectivity index (χ0v) is 12.1. The molecular weight excluding hydrogens is 302 g/mol. The zero-order chi connectivity index (χ0) is 17.0. The van der Waals surface area contributed by atoms with Crippen LogP contribution in [0.3, 0.4) is 0 Å². The van der Waals surface area contributed by atoms with Crippen LogP contribution in [0.4, 0.5) is 4.79 Å². The average molecular weight is 323 g/mol. The third-order valence-corrected chi connectivity index (χ3v) is 3.28. The Morgan fingerprint density at radius 1 is 1.18 bits per heavy atom. The predicted octanol–water partition coefficient (Wildman–Crippen LogP) is -2.38. The fourth-order valence-corrected chi connectivity index (χ4v) is 1.94. The molecule has 1 aliphatic rings. The van der Waals surface area contributed by atoms with Gasteiger partial charge in [0.15, 0.2) is 0 Å². The molecule has 1 rings (SSSR count). The number of rotatable bonds is 5. The number of ether oxygens (including phenoxy) is 2. The molecule has 10 heteroatoms. The van der Waals surface area contributed by atoms with Crippen molar-refractivity contribution < 1.29 is 44.6 Å². The van der Waals surface area contributed by atoms with Crippen molar-refractivity contribution in [1.29, 1.82) is 0 Å². The molecule has 10 nitrogen and oxygen atoms in total. The standard InChI is InChI=1S/C12H21NO9/c1-4(2)6(10(18)19)13-12(20)22-11-9(17)8(16)7(15)5(3-14)21-11/h4-9,11,14-17H,3H2,1-2H3,(H,13,20)(H,18,19)/t5-,6+,7-,8+,9-,11?/m1/s1. The Hall–Kier alpha value is -1.46. The van der Waals surface area contributed by atoms with Crippen molar-refractivity contribution in [2.24, 2.45) is 5.92 Å². The molecular formula is C12H21NO9. The van der Waals surface area contributed by atoms with Crippen molar-refractivity contribution >= 4 is 12.1 Å². The van der Waals surface area contributed by atoms with Crippen molar-refractivity contribution in [3.05, 3.63) is 0 Å². The van der Waals surface area contributed by atoms with Gasteiger partial charge in [0.1, 0.15) is 30.5 Å². The van der Waals surface area contributed by atoms with Crippen LogP contribution in [0, 0.1) is 5.92 Å². The maximum atomic E-state index is 11.7. The first kappa shape index (κ1) is 18.6. The maximum Gasteiger partial charge on any atom is 0.410 e. The highest BCUT2D eigenvalue weighted by molar-refractivity contribution is 5.80. The summed E-state index contributed by atoms with van der Waals surface area (Å²) in [7, 11) is 0. The number of hydrogen-bond donors (Lipinski definition) is 6. The summed E-state index contributed by atoms with van der Waals surface area (Å²) in [6, 6.07) is -1.21. The molecule has 1 unspecified atom stereocenters. The number of aliphatic carboxylic acids is 1. The van der Waals surface area contributed by atoms with Crippen LogP contribution in [0.5, 0.6) is 0 Å². The predicted molar refractivity (Wildman–Crippen MR) is 69.6 cm³/mol. The van der Waals surface area contributed by atoms with E-state index in [4.69, 9.17) is 19.7 Å². The number of alkyl carbamates (subject to hydrolysis) is 1. The number of aliphatic hydroxyl groups excluding tert-OH is 4. The number of nitrogens with one attached hydrogen (secondary N) is 1. The number of carbonyl (C=O) groups is 2.